The molecule has 1 saturated heterocycles. The van der Waals surface area contributed by atoms with Crippen LogP contribution in [0.2, 0.25) is 0 Å². The zero-order chi connectivity index (χ0) is 22.6. The molecule has 4 aromatic rings. The number of aromatic nitrogens is 5. The van der Waals surface area contributed by atoms with E-state index in [0.717, 1.165) is 5.69 Å². The molecule has 1 fully saturated rings. The summed E-state index contributed by atoms with van der Waals surface area (Å²) in [5.41, 5.74) is 1.86. The van der Waals surface area contributed by atoms with Gasteiger partial charge in [0.05, 0.1) is 11.4 Å². The molecule has 0 unspecified atom stereocenters. The lowest BCUT2D eigenvalue weighted by Crippen LogP contribution is -2.53. The number of imidazole rings is 1. The van der Waals surface area contributed by atoms with Crippen LogP contribution >= 0.6 is 0 Å². The van der Waals surface area contributed by atoms with E-state index in [1.807, 2.05) is 17.9 Å². The molecule has 1 N–H and O–H groups in total. The molecule has 0 aromatic carbocycles. The van der Waals surface area contributed by atoms with E-state index < -0.39 is 17.6 Å². The van der Waals surface area contributed by atoms with Crippen LogP contribution in [0, 0.1) is 12.7 Å². The number of pyridine rings is 2. The average molecular weight is 437 g/mol. The summed E-state index contributed by atoms with van der Waals surface area (Å²) in [6.07, 6.45) is 4.04. The second-order valence-corrected chi connectivity index (χ2v) is 7.91. The molecule has 1 amide bonds. The lowest BCUT2D eigenvalue weighted by molar-refractivity contribution is 0.122. The highest BCUT2D eigenvalue weighted by atomic mass is 19.1. The Hall–Kier alpha value is -4.02. The van der Waals surface area contributed by atoms with Gasteiger partial charge < -0.3 is 19.3 Å². The van der Waals surface area contributed by atoms with Crippen molar-refractivity contribution in [3.05, 3.63) is 58.8 Å². The Bertz CT molecular complexity index is 1430. The molecule has 5 heterocycles. The molecule has 0 radical (unpaired) electrons. The molecule has 1 aliphatic heterocycles. The number of anilines is 1. The van der Waals surface area contributed by atoms with E-state index in [1.165, 1.54) is 15.4 Å². The van der Waals surface area contributed by atoms with Gasteiger partial charge in [-0.3, -0.25) is 0 Å². The smallest absolute Gasteiger partial charge is 0.407 e. The van der Waals surface area contributed by atoms with Crippen LogP contribution < -0.4 is 10.6 Å². The van der Waals surface area contributed by atoms with Crippen LogP contribution in [0.3, 0.4) is 0 Å². The highest BCUT2D eigenvalue weighted by molar-refractivity contribution is 5.66. The molecular weight excluding hydrogens is 417 g/mol. The molecule has 10 nitrogen and oxygen atoms in total. The first-order chi connectivity index (χ1) is 15.3. The third-order valence-electron chi connectivity index (χ3n) is 5.66. The maximum Gasteiger partial charge on any atom is 0.407 e. The molecule has 32 heavy (non-hydrogen) atoms. The Balaban J connectivity index is 1.51. The fourth-order valence-corrected chi connectivity index (χ4v) is 4.10. The van der Waals surface area contributed by atoms with Gasteiger partial charge in [0, 0.05) is 49.8 Å². The van der Waals surface area contributed by atoms with E-state index in [2.05, 4.69) is 15.0 Å². The van der Waals surface area contributed by atoms with Gasteiger partial charge in [0.15, 0.2) is 17.3 Å². The SMILES string of the molecule is Cc1cn2cc(-c3nc(=O)n4cc(N5CCN(C(=O)O)[C@H](C)C5)ccc4n3)cc(F)c2n1. The van der Waals surface area contributed by atoms with Crippen LogP contribution in [0.25, 0.3) is 22.7 Å². The minimum absolute atomic E-state index is 0.124. The minimum atomic E-state index is -0.937. The first-order valence-corrected chi connectivity index (χ1v) is 10.1. The Morgan fingerprint density at radius 1 is 1.16 bits per heavy atom. The van der Waals surface area contributed by atoms with E-state index in [4.69, 9.17) is 0 Å². The highest BCUT2D eigenvalue weighted by Gasteiger charge is 2.27. The van der Waals surface area contributed by atoms with Crippen molar-refractivity contribution in [3.63, 3.8) is 0 Å². The number of fused-ring (bicyclic) bond motifs is 2. The fourth-order valence-electron chi connectivity index (χ4n) is 4.10. The van der Waals surface area contributed by atoms with Crippen molar-refractivity contribution < 1.29 is 14.3 Å². The Morgan fingerprint density at radius 2 is 1.97 bits per heavy atom. The number of hydrogen-bond donors (Lipinski definition) is 1. The molecule has 4 aromatic heterocycles. The van der Waals surface area contributed by atoms with Gasteiger partial charge in [0.2, 0.25) is 0 Å². The molecule has 0 bridgehead atoms. The number of rotatable bonds is 2. The summed E-state index contributed by atoms with van der Waals surface area (Å²) < 4.78 is 17.3. The van der Waals surface area contributed by atoms with Crippen molar-refractivity contribution in [3.8, 4) is 11.4 Å². The van der Waals surface area contributed by atoms with Gasteiger partial charge in [0.1, 0.15) is 5.65 Å². The van der Waals surface area contributed by atoms with Gasteiger partial charge in [-0.2, -0.15) is 4.98 Å². The van der Waals surface area contributed by atoms with E-state index in [0.29, 0.717) is 36.5 Å². The summed E-state index contributed by atoms with van der Waals surface area (Å²) in [6.45, 7) is 5.01. The van der Waals surface area contributed by atoms with Crippen LogP contribution in [0.1, 0.15) is 12.6 Å². The maximum absolute atomic E-state index is 14.5. The van der Waals surface area contributed by atoms with Crippen molar-refractivity contribution in [1.29, 1.82) is 0 Å². The Kier molecular flexibility index (Phi) is 4.54. The highest BCUT2D eigenvalue weighted by Crippen LogP contribution is 2.22. The first-order valence-electron chi connectivity index (χ1n) is 10.1. The maximum atomic E-state index is 14.5. The lowest BCUT2D eigenvalue weighted by Gasteiger charge is -2.39. The monoisotopic (exact) mass is 437 g/mol. The molecule has 1 aliphatic rings. The second kappa shape index (κ2) is 7.29. The van der Waals surface area contributed by atoms with Crippen LogP contribution in [0.15, 0.2) is 41.6 Å². The number of halogens is 1. The predicted octanol–water partition coefficient (Wildman–Crippen LogP) is 2.04. The summed E-state index contributed by atoms with van der Waals surface area (Å²) in [7, 11) is 0. The lowest BCUT2D eigenvalue weighted by atomic mass is 10.2. The molecular formula is C21H20FN7O3. The molecule has 1 atom stereocenters. The van der Waals surface area contributed by atoms with Gasteiger partial charge in [-0.1, -0.05) is 0 Å². The first kappa shape index (κ1) is 19.9. The van der Waals surface area contributed by atoms with Gasteiger partial charge >= 0.3 is 11.8 Å². The number of piperazine rings is 1. The number of hydrogen-bond acceptors (Lipinski definition) is 6. The Labute approximate surface area is 181 Å². The molecule has 0 spiro atoms. The van der Waals surface area contributed by atoms with Crippen LogP contribution in [0.4, 0.5) is 14.9 Å². The average Bonchev–Trinajstić information content (AvgIpc) is 3.14. The second-order valence-electron chi connectivity index (χ2n) is 7.91. The molecule has 164 valence electrons. The normalized spacial score (nSPS) is 16.8. The third kappa shape index (κ3) is 3.31. The summed E-state index contributed by atoms with van der Waals surface area (Å²) in [6, 6.07) is 4.62. The van der Waals surface area contributed by atoms with Crippen molar-refractivity contribution in [2.24, 2.45) is 0 Å². The standard InChI is InChI=1S/C21H20FN7O3/c1-12-8-27-10-14(7-16(22)19(27)23-12)18-24-17-4-3-15(11-29(17)20(30)25-18)26-5-6-28(21(31)32)13(2)9-26/h3-4,7-8,10-11,13H,5-6,9H2,1-2H3,(H,31,32)/t13-/m1/s1. The van der Waals surface area contributed by atoms with Crippen LogP contribution in [0.5, 0.6) is 0 Å². The van der Waals surface area contributed by atoms with Gasteiger partial charge in [-0.05, 0) is 32.0 Å². The molecule has 0 aliphatic carbocycles. The summed E-state index contributed by atoms with van der Waals surface area (Å²) in [5.74, 6) is -0.400. The van der Waals surface area contributed by atoms with E-state index in [9.17, 15) is 19.1 Å². The summed E-state index contributed by atoms with van der Waals surface area (Å²) in [5, 5.41) is 9.26. The summed E-state index contributed by atoms with van der Waals surface area (Å²) in [4.78, 5) is 40.1. The number of carbonyl (C=O) groups is 1. The van der Waals surface area contributed by atoms with Crippen LogP contribution in [-0.4, -0.2) is 65.5 Å². The fraction of sp³-hybridized carbons (Fsp3) is 0.286. The van der Waals surface area contributed by atoms with Crippen LogP contribution in [-0.2, 0) is 0 Å². The largest absolute Gasteiger partial charge is 0.465 e. The summed E-state index contributed by atoms with van der Waals surface area (Å²) >= 11 is 0. The van der Waals surface area contributed by atoms with Gasteiger partial charge in [-0.25, -0.2) is 28.3 Å². The topological polar surface area (TPSA) is 108 Å². The van der Waals surface area contributed by atoms with E-state index in [1.54, 1.807) is 36.0 Å². The van der Waals surface area contributed by atoms with Crippen molar-refractivity contribution >= 4 is 23.1 Å². The van der Waals surface area contributed by atoms with Crippen molar-refractivity contribution in [1.82, 2.24) is 28.7 Å². The van der Waals surface area contributed by atoms with Gasteiger partial charge in [-0.15, -0.1) is 0 Å². The van der Waals surface area contributed by atoms with Crippen molar-refractivity contribution in [2.45, 2.75) is 19.9 Å². The predicted molar refractivity (Wildman–Crippen MR) is 115 cm³/mol. The number of aryl methyl sites for hydroxylation is 1. The third-order valence-corrected chi connectivity index (χ3v) is 5.66. The molecule has 11 heteroatoms. The number of nitrogens with zero attached hydrogens (tertiary/aromatic N) is 7. The number of amides is 1. The Morgan fingerprint density at radius 3 is 2.72 bits per heavy atom. The minimum Gasteiger partial charge on any atom is -0.465 e. The molecule has 0 saturated carbocycles. The molecule has 5 rings (SSSR count). The van der Waals surface area contributed by atoms with E-state index in [-0.39, 0.29) is 17.5 Å². The zero-order valence-corrected chi connectivity index (χ0v) is 17.4. The van der Waals surface area contributed by atoms with E-state index >= 15 is 0 Å². The zero-order valence-electron chi connectivity index (χ0n) is 17.4. The number of carboxylic acid groups (broad SMARTS) is 1. The van der Waals surface area contributed by atoms with Gasteiger partial charge in [0.25, 0.3) is 0 Å². The van der Waals surface area contributed by atoms with Crippen molar-refractivity contribution in [2.75, 3.05) is 24.5 Å². The quantitative estimate of drug-likeness (QED) is 0.511.